The van der Waals surface area contributed by atoms with Gasteiger partial charge in [-0.25, -0.2) is 13.6 Å². The molecule has 1 amide bonds. The van der Waals surface area contributed by atoms with Crippen molar-refractivity contribution in [1.29, 1.82) is 0 Å². The van der Waals surface area contributed by atoms with Crippen molar-refractivity contribution >= 4 is 6.09 Å². The van der Waals surface area contributed by atoms with E-state index >= 15 is 0 Å². The van der Waals surface area contributed by atoms with Crippen LogP contribution in [0.5, 0.6) is 0 Å². The zero-order valence-electron chi connectivity index (χ0n) is 11.1. The lowest BCUT2D eigenvalue weighted by atomic mass is 10.1. The van der Waals surface area contributed by atoms with Gasteiger partial charge in [0.1, 0.15) is 17.7 Å². The van der Waals surface area contributed by atoms with E-state index in [9.17, 15) is 13.6 Å². The fourth-order valence-corrected chi connectivity index (χ4v) is 2.40. The number of cyclic esters (lactones) is 1. The predicted molar refractivity (Wildman–Crippen MR) is 72.4 cm³/mol. The van der Waals surface area contributed by atoms with E-state index in [0.29, 0.717) is 12.1 Å². The fraction of sp³-hybridized carbons (Fsp3) is 0.188. The van der Waals surface area contributed by atoms with Gasteiger partial charge in [-0.05, 0) is 23.3 Å². The Balaban J connectivity index is 1.74. The molecule has 0 spiro atoms. The lowest BCUT2D eigenvalue weighted by molar-refractivity contribution is 0.132. The third kappa shape index (κ3) is 3.02. The second kappa shape index (κ2) is 5.52. The van der Waals surface area contributed by atoms with E-state index in [4.69, 9.17) is 4.74 Å². The molecule has 0 bridgehead atoms. The first kappa shape index (κ1) is 13.5. The molecule has 0 saturated carbocycles. The van der Waals surface area contributed by atoms with Crippen LogP contribution in [-0.4, -0.2) is 17.5 Å². The fourth-order valence-electron chi connectivity index (χ4n) is 2.40. The van der Waals surface area contributed by atoms with E-state index < -0.39 is 17.7 Å². The Bertz CT molecular complexity index is 640. The SMILES string of the molecule is O=C1O[C@H](c2ccccc2)CN1Cc1cc(F)cc(F)c1. The van der Waals surface area contributed by atoms with Crippen LogP contribution < -0.4 is 0 Å². The zero-order valence-corrected chi connectivity index (χ0v) is 11.1. The summed E-state index contributed by atoms with van der Waals surface area (Å²) in [6.45, 7) is 0.484. The minimum atomic E-state index is -0.655. The van der Waals surface area contributed by atoms with E-state index in [1.807, 2.05) is 30.3 Å². The molecule has 0 aliphatic carbocycles. The Morgan fingerprint density at radius 2 is 1.76 bits per heavy atom. The van der Waals surface area contributed by atoms with Crippen LogP contribution in [0.15, 0.2) is 48.5 Å². The largest absolute Gasteiger partial charge is 0.439 e. The molecular weight excluding hydrogens is 276 g/mol. The Kier molecular flexibility index (Phi) is 3.56. The van der Waals surface area contributed by atoms with Crippen LogP contribution in [0.1, 0.15) is 17.2 Å². The number of halogens is 2. The van der Waals surface area contributed by atoms with Crippen molar-refractivity contribution in [2.45, 2.75) is 12.6 Å². The number of benzene rings is 2. The Hall–Kier alpha value is -2.43. The van der Waals surface area contributed by atoms with E-state index in [2.05, 4.69) is 0 Å². The van der Waals surface area contributed by atoms with E-state index in [0.717, 1.165) is 11.6 Å². The summed E-state index contributed by atoms with van der Waals surface area (Å²) < 4.78 is 31.6. The quantitative estimate of drug-likeness (QED) is 0.863. The molecule has 1 aliphatic rings. The highest BCUT2D eigenvalue weighted by atomic mass is 19.1. The predicted octanol–water partition coefficient (Wildman–Crippen LogP) is 3.66. The van der Waals surface area contributed by atoms with Gasteiger partial charge < -0.3 is 4.74 Å². The van der Waals surface area contributed by atoms with Crippen molar-refractivity contribution in [3.8, 4) is 0 Å². The molecule has 1 atom stereocenters. The average Bonchev–Trinajstić information content (AvgIpc) is 2.80. The Morgan fingerprint density at radius 3 is 2.43 bits per heavy atom. The van der Waals surface area contributed by atoms with Crippen LogP contribution in [0.4, 0.5) is 13.6 Å². The van der Waals surface area contributed by atoms with Crippen LogP contribution in [0.3, 0.4) is 0 Å². The first-order valence-electron chi connectivity index (χ1n) is 6.57. The van der Waals surface area contributed by atoms with Gasteiger partial charge in [-0.1, -0.05) is 30.3 Å². The first-order chi connectivity index (χ1) is 10.1. The van der Waals surface area contributed by atoms with Gasteiger partial charge in [-0.3, -0.25) is 4.90 Å². The number of hydrogen-bond acceptors (Lipinski definition) is 2. The highest BCUT2D eigenvalue weighted by molar-refractivity contribution is 5.70. The molecule has 0 unspecified atom stereocenters. The monoisotopic (exact) mass is 289 g/mol. The van der Waals surface area contributed by atoms with Crippen LogP contribution in [0, 0.1) is 11.6 Å². The van der Waals surface area contributed by atoms with E-state index in [1.165, 1.54) is 17.0 Å². The Morgan fingerprint density at radius 1 is 1.10 bits per heavy atom. The molecule has 1 fully saturated rings. The average molecular weight is 289 g/mol. The summed E-state index contributed by atoms with van der Waals surface area (Å²) in [5, 5.41) is 0. The number of amides is 1. The van der Waals surface area contributed by atoms with Crippen molar-refractivity contribution in [2.75, 3.05) is 6.54 Å². The van der Waals surface area contributed by atoms with Crippen molar-refractivity contribution < 1.29 is 18.3 Å². The lowest BCUT2D eigenvalue weighted by Gasteiger charge is -2.13. The summed E-state index contributed by atoms with van der Waals surface area (Å²) in [7, 11) is 0. The molecular formula is C16H13F2NO2. The topological polar surface area (TPSA) is 29.5 Å². The molecule has 3 nitrogen and oxygen atoms in total. The first-order valence-corrected chi connectivity index (χ1v) is 6.57. The maximum Gasteiger partial charge on any atom is 0.410 e. The number of nitrogens with zero attached hydrogens (tertiary/aromatic N) is 1. The molecule has 0 aromatic heterocycles. The zero-order chi connectivity index (χ0) is 14.8. The molecule has 3 rings (SSSR count). The normalized spacial score (nSPS) is 17.9. The summed E-state index contributed by atoms with van der Waals surface area (Å²) >= 11 is 0. The minimum Gasteiger partial charge on any atom is -0.439 e. The summed E-state index contributed by atoms with van der Waals surface area (Å²) in [5.74, 6) is -1.31. The van der Waals surface area contributed by atoms with Crippen LogP contribution in [0.25, 0.3) is 0 Å². The van der Waals surface area contributed by atoms with Crippen LogP contribution in [-0.2, 0) is 11.3 Å². The third-order valence-corrected chi connectivity index (χ3v) is 3.35. The second-order valence-corrected chi connectivity index (χ2v) is 4.94. The van der Waals surface area contributed by atoms with Crippen LogP contribution >= 0.6 is 0 Å². The molecule has 1 heterocycles. The van der Waals surface area contributed by atoms with Gasteiger partial charge in [0.05, 0.1) is 6.54 Å². The van der Waals surface area contributed by atoms with Gasteiger partial charge >= 0.3 is 6.09 Å². The Labute approximate surface area is 120 Å². The molecule has 1 saturated heterocycles. The molecule has 21 heavy (non-hydrogen) atoms. The minimum absolute atomic E-state index is 0.122. The van der Waals surface area contributed by atoms with E-state index in [1.54, 1.807) is 0 Å². The van der Waals surface area contributed by atoms with Gasteiger partial charge in [-0.2, -0.15) is 0 Å². The number of ether oxygens (including phenoxy) is 1. The summed E-state index contributed by atoms with van der Waals surface area (Å²) in [5.41, 5.74) is 1.30. The van der Waals surface area contributed by atoms with Crippen molar-refractivity contribution in [3.05, 3.63) is 71.3 Å². The summed E-state index contributed by atoms with van der Waals surface area (Å²) in [6, 6.07) is 12.6. The number of hydrogen-bond donors (Lipinski definition) is 0. The highest BCUT2D eigenvalue weighted by Crippen LogP contribution is 2.27. The van der Waals surface area contributed by atoms with Crippen molar-refractivity contribution in [2.24, 2.45) is 0 Å². The summed E-state index contributed by atoms with van der Waals surface area (Å²) in [6.07, 6.45) is -0.828. The maximum absolute atomic E-state index is 13.2. The lowest BCUT2D eigenvalue weighted by Crippen LogP contribution is -2.23. The van der Waals surface area contributed by atoms with Crippen molar-refractivity contribution in [3.63, 3.8) is 0 Å². The number of carbonyl (C=O) groups is 1. The molecule has 0 N–H and O–H groups in total. The molecule has 2 aromatic carbocycles. The molecule has 1 aliphatic heterocycles. The van der Waals surface area contributed by atoms with Gasteiger partial charge in [0.15, 0.2) is 0 Å². The smallest absolute Gasteiger partial charge is 0.410 e. The number of rotatable bonds is 3. The van der Waals surface area contributed by atoms with Gasteiger partial charge in [0, 0.05) is 12.6 Å². The molecule has 5 heteroatoms. The number of carbonyl (C=O) groups excluding carboxylic acids is 1. The van der Waals surface area contributed by atoms with Crippen molar-refractivity contribution in [1.82, 2.24) is 4.90 Å². The third-order valence-electron chi connectivity index (χ3n) is 3.35. The molecule has 108 valence electrons. The second-order valence-electron chi connectivity index (χ2n) is 4.94. The van der Waals surface area contributed by atoms with E-state index in [-0.39, 0.29) is 12.6 Å². The standard InChI is InChI=1S/C16H13F2NO2/c17-13-6-11(7-14(18)8-13)9-19-10-15(21-16(19)20)12-4-2-1-3-5-12/h1-8,15H,9-10H2/t15-/m0/s1. The molecule has 2 aromatic rings. The van der Waals surface area contributed by atoms with Gasteiger partial charge in [-0.15, -0.1) is 0 Å². The molecule has 0 radical (unpaired) electrons. The highest BCUT2D eigenvalue weighted by Gasteiger charge is 2.32. The van der Waals surface area contributed by atoms with Gasteiger partial charge in [0.2, 0.25) is 0 Å². The van der Waals surface area contributed by atoms with Gasteiger partial charge in [0.25, 0.3) is 0 Å². The van der Waals surface area contributed by atoms with Crippen LogP contribution in [0.2, 0.25) is 0 Å². The summed E-state index contributed by atoms with van der Waals surface area (Å²) in [4.78, 5) is 13.3. The maximum atomic E-state index is 13.2.